The van der Waals surface area contributed by atoms with E-state index in [1.807, 2.05) is 45.0 Å². The summed E-state index contributed by atoms with van der Waals surface area (Å²) in [5.41, 5.74) is 1.17. The maximum absolute atomic E-state index is 11.6. The van der Waals surface area contributed by atoms with E-state index in [0.29, 0.717) is 18.2 Å². The Morgan fingerprint density at radius 1 is 1.38 bits per heavy atom. The van der Waals surface area contributed by atoms with Crippen LogP contribution in [0.25, 0.3) is 0 Å². The van der Waals surface area contributed by atoms with Crippen LogP contribution in [0.4, 0.5) is 5.13 Å². The van der Waals surface area contributed by atoms with Gasteiger partial charge in [0.05, 0.1) is 6.61 Å². The molecule has 0 saturated heterocycles. The lowest BCUT2D eigenvalue weighted by atomic mass is 10.2. The number of hydrogen-bond donors (Lipinski definition) is 1. The summed E-state index contributed by atoms with van der Waals surface area (Å²) in [5.74, 6) is 0.739. The number of ether oxygens (including phenoxy) is 1. The van der Waals surface area contributed by atoms with E-state index in [4.69, 9.17) is 4.74 Å². The highest BCUT2D eigenvalue weighted by molar-refractivity contribution is 7.15. The number of nitrogens with one attached hydrogen (secondary N) is 1. The molecule has 0 aliphatic heterocycles. The molecule has 1 aromatic heterocycles. The number of rotatable bonds is 6. The highest BCUT2D eigenvalue weighted by Gasteiger charge is 2.11. The van der Waals surface area contributed by atoms with Crippen molar-refractivity contribution in [3.8, 4) is 5.75 Å². The molecule has 0 bridgehead atoms. The minimum absolute atomic E-state index is 0.0475. The van der Waals surface area contributed by atoms with Crippen molar-refractivity contribution in [3.05, 3.63) is 34.8 Å². The van der Waals surface area contributed by atoms with Crippen molar-refractivity contribution in [2.45, 2.75) is 27.2 Å². The highest BCUT2D eigenvalue weighted by Crippen LogP contribution is 2.17. The lowest BCUT2D eigenvalue weighted by Gasteiger charge is -2.05. The molecule has 1 N–H and O–H groups in total. The SMILES string of the molecule is Cc1cccc(OCCc2nnc(NC(=O)C(C)C)s2)c1. The first-order chi connectivity index (χ1) is 10.0. The van der Waals surface area contributed by atoms with E-state index >= 15 is 0 Å². The Kier molecular flexibility index (Phi) is 5.27. The van der Waals surface area contributed by atoms with Gasteiger partial charge in [0.15, 0.2) is 0 Å². The summed E-state index contributed by atoms with van der Waals surface area (Å²) in [5, 5.41) is 12.1. The van der Waals surface area contributed by atoms with Gasteiger partial charge in [0, 0.05) is 12.3 Å². The van der Waals surface area contributed by atoms with Crippen LogP contribution >= 0.6 is 11.3 Å². The molecule has 1 aromatic carbocycles. The molecule has 0 radical (unpaired) electrons. The molecule has 6 heteroatoms. The van der Waals surface area contributed by atoms with E-state index < -0.39 is 0 Å². The van der Waals surface area contributed by atoms with Gasteiger partial charge in [-0.05, 0) is 24.6 Å². The second-order valence-corrected chi connectivity index (χ2v) is 6.12. The zero-order valence-electron chi connectivity index (χ0n) is 12.4. The number of aryl methyl sites for hydroxylation is 1. The van der Waals surface area contributed by atoms with E-state index in [2.05, 4.69) is 15.5 Å². The molecule has 0 fully saturated rings. The molecule has 0 atom stereocenters. The number of nitrogens with zero attached hydrogens (tertiary/aromatic N) is 2. The Morgan fingerprint density at radius 2 is 2.19 bits per heavy atom. The second-order valence-electron chi connectivity index (χ2n) is 5.06. The number of anilines is 1. The van der Waals surface area contributed by atoms with Gasteiger partial charge in [-0.3, -0.25) is 4.79 Å². The minimum atomic E-state index is -0.0676. The predicted octanol–water partition coefficient (Wildman–Crippen LogP) is 3.06. The summed E-state index contributed by atoms with van der Waals surface area (Å²) in [7, 11) is 0. The Hall–Kier alpha value is -1.95. The highest BCUT2D eigenvalue weighted by atomic mass is 32.1. The molecule has 5 nitrogen and oxygen atoms in total. The lowest BCUT2D eigenvalue weighted by molar-refractivity contribution is -0.118. The minimum Gasteiger partial charge on any atom is -0.493 e. The standard InChI is InChI=1S/C15H19N3O2S/c1-10(2)14(19)16-15-18-17-13(21-15)7-8-20-12-6-4-5-11(3)9-12/h4-6,9-10H,7-8H2,1-3H3,(H,16,18,19). The number of hydrogen-bond acceptors (Lipinski definition) is 5. The molecule has 112 valence electrons. The summed E-state index contributed by atoms with van der Waals surface area (Å²) in [6.45, 7) is 6.25. The average molecular weight is 305 g/mol. The number of benzene rings is 1. The zero-order valence-corrected chi connectivity index (χ0v) is 13.2. The second kappa shape index (κ2) is 7.17. The predicted molar refractivity (Wildman–Crippen MR) is 83.8 cm³/mol. The van der Waals surface area contributed by atoms with Crippen molar-refractivity contribution < 1.29 is 9.53 Å². The van der Waals surface area contributed by atoms with Crippen LogP contribution in [0.5, 0.6) is 5.75 Å². The summed E-state index contributed by atoms with van der Waals surface area (Å²) >= 11 is 1.38. The van der Waals surface area contributed by atoms with E-state index in [1.165, 1.54) is 16.9 Å². The normalized spacial score (nSPS) is 10.7. The van der Waals surface area contributed by atoms with E-state index in [0.717, 1.165) is 10.8 Å². The van der Waals surface area contributed by atoms with Gasteiger partial charge in [-0.15, -0.1) is 10.2 Å². The van der Waals surface area contributed by atoms with E-state index in [9.17, 15) is 4.79 Å². The first-order valence-electron chi connectivity index (χ1n) is 6.87. The van der Waals surface area contributed by atoms with E-state index in [1.54, 1.807) is 0 Å². The average Bonchev–Trinajstić information content (AvgIpc) is 2.86. The van der Waals surface area contributed by atoms with Gasteiger partial charge in [0.2, 0.25) is 11.0 Å². The number of carbonyl (C=O) groups excluding carboxylic acids is 1. The maximum Gasteiger partial charge on any atom is 0.228 e. The summed E-state index contributed by atoms with van der Waals surface area (Å²) in [6.07, 6.45) is 0.670. The molecule has 1 heterocycles. The third-order valence-corrected chi connectivity index (χ3v) is 3.69. The molecular formula is C15H19N3O2S. The van der Waals surface area contributed by atoms with Crippen LogP contribution in [-0.4, -0.2) is 22.7 Å². The molecule has 2 aromatic rings. The fourth-order valence-corrected chi connectivity index (χ4v) is 2.34. The summed E-state index contributed by atoms with van der Waals surface area (Å²) in [4.78, 5) is 11.6. The van der Waals surface area contributed by atoms with Crippen molar-refractivity contribution in [1.82, 2.24) is 10.2 Å². The van der Waals surface area contributed by atoms with Gasteiger partial charge in [-0.1, -0.05) is 37.3 Å². The van der Waals surface area contributed by atoms with Crippen molar-refractivity contribution >= 4 is 22.4 Å². The topological polar surface area (TPSA) is 64.1 Å². The molecule has 0 saturated carbocycles. The Morgan fingerprint density at radius 3 is 2.90 bits per heavy atom. The molecule has 2 rings (SSSR count). The summed E-state index contributed by atoms with van der Waals surface area (Å²) in [6, 6.07) is 7.92. The molecule has 0 aliphatic carbocycles. The van der Waals surface area contributed by atoms with Gasteiger partial charge >= 0.3 is 0 Å². The van der Waals surface area contributed by atoms with Crippen molar-refractivity contribution in [2.24, 2.45) is 5.92 Å². The number of carbonyl (C=O) groups is 1. The van der Waals surface area contributed by atoms with Gasteiger partial charge in [-0.25, -0.2) is 0 Å². The third kappa shape index (κ3) is 4.82. The van der Waals surface area contributed by atoms with Crippen LogP contribution in [-0.2, 0) is 11.2 Å². The van der Waals surface area contributed by atoms with Gasteiger partial charge in [0.25, 0.3) is 0 Å². The fourth-order valence-electron chi connectivity index (χ4n) is 1.62. The van der Waals surface area contributed by atoms with Gasteiger partial charge < -0.3 is 10.1 Å². The van der Waals surface area contributed by atoms with Gasteiger partial charge in [0.1, 0.15) is 10.8 Å². The van der Waals surface area contributed by atoms with Crippen LogP contribution in [0.15, 0.2) is 24.3 Å². The van der Waals surface area contributed by atoms with Crippen molar-refractivity contribution in [1.29, 1.82) is 0 Å². The lowest BCUT2D eigenvalue weighted by Crippen LogP contribution is -2.17. The maximum atomic E-state index is 11.6. The number of aromatic nitrogens is 2. The molecule has 0 unspecified atom stereocenters. The van der Waals surface area contributed by atoms with E-state index in [-0.39, 0.29) is 11.8 Å². The van der Waals surface area contributed by atoms with Crippen LogP contribution in [0, 0.1) is 12.8 Å². The van der Waals surface area contributed by atoms with Crippen LogP contribution in [0.2, 0.25) is 0 Å². The molecule has 1 amide bonds. The van der Waals surface area contributed by atoms with Crippen molar-refractivity contribution in [2.75, 3.05) is 11.9 Å². The summed E-state index contributed by atoms with van der Waals surface area (Å²) < 4.78 is 5.67. The molecular weight excluding hydrogens is 286 g/mol. The molecule has 21 heavy (non-hydrogen) atoms. The first kappa shape index (κ1) is 15.4. The Labute approximate surface area is 128 Å². The van der Waals surface area contributed by atoms with Crippen LogP contribution < -0.4 is 10.1 Å². The fraction of sp³-hybridized carbons (Fsp3) is 0.400. The van der Waals surface area contributed by atoms with Crippen LogP contribution in [0.1, 0.15) is 24.4 Å². The third-order valence-electron chi connectivity index (χ3n) is 2.80. The van der Waals surface area contributed by atoms with Crippen LogP contribution in [0.3, 0.4) is 0 Å². The first-order valence-corrected chi connectivity index (χ1v) is 7.69. The Bertz CT molecular complexity index is 610. The smallest absolute Gasteiger partial charge is 0.228 e. The largest absolute Gasteiger partial charge is 0.493 e. The van der Waals surface area contributed by atoms with Gasteiger partial charge in [-0.2, -0.15) is 0 Å². The number of amides is 1. The Balaban J connectivity index is 1.81. The zero-order chi connectivity index (χ0) is 15.2. The quantitative estimate of drug-likeness (QED) is 0.891. The molecule has 0 aliphatic rings. The molecule has 0 spiro atoms. The van der Waals surface area contributed by atoms with Crippen molar-refractivity contribution in [3.63, 3.8) is 0 Å². The monoisotopic (exact) mass is 305 g/mol.